The minimum Gasteiger partial charge on any atom is -0.497 e. The fraction of sp³-hybridized carbons (Fsp3) is 0.115. The molecule has 182 valence electrons. The Morgan fingerprint density at radius 1 is 1.03 bits per heavy atom. The molecule has 0 bridgehead atoms. The van der Waals surface area contributed by atoms with Crippen molar-refractivity contribution in [2.75, 3.05) is 12.0 Å². The summed E-state index contributed by atoms with van der Waals surface area (Å²) in [5.41, 5.74) is 1.75. The van der Waals surface area contributed by atoms with E-state index in [1.807, 2.05) is 13.0 Å². The van der Waals surface area contributed by atoms with Crippen LogP contribution in [0.4, 0.5) is 16.2 Å². The fourth-order valence-electron chi connectivity index (χ4n) is 3.62. The number of carbonyl (C=O) groups is 3. The molecule has 0 radical (unpaired) electrons. The van der Waals surface area contributed by atoms with Crippen molar-refractivity contribution in [3.63, 3.8) is 0 Å². The van der Waals surface area contributed by atoms with Gasteiger partial charge in [0.15, 0.2) is 0 Å². The maximum absolute atomic E-state index is 13.2. The maximum Gasteiger partial charge on any atom is 0.335 e. The van der Waals surface area contributed by atoms with Crippen LogP contribution in [0.5, 0.6) is 11.5 Å². The highest BCUT2D eigenvalue weighted by Gasteiger charge is 2.37. The Bertz CT molecular complexity index is 1410. The van der Waals surface area contributed by atoms with Gasteiger partial charge in [0.25, 0.3) is 17.5 Å². The molecule has 0 aromatic heterocycles. The third-order valence-electron chi connectivity index (χ3n) is 5.40. The number of hydrogen-bond acceptors (Lipinski definition) is 7. The van der Waals surface area contributed by atoms with Gasteiger partial charge in [0.2, 0.25) is 0 Å². The van der Waals surface area contributed by atoms with Crippen molar-refractivity contribution in [3.05, 3.63) is 99.1 Å². The van der Waals surface area contributed by atoms with Gasteiger partial charge in [0.1, 0.15) is 23.7 Å². The van der Waals surface area contributed by atoms with Crippen molar-refractivity contribution >= 4 is 35.3 Å². The van der Waals surface area contributed by atoms with Gasteiger partial charge < -0.3 is 9.47 Å². The molecule has 0 spiro atoms. The molecule has 1 fully saturated rings. The highest BCUT2D eigenvalue weighted by molar-refractivity contribution is 6.39. The summed E-state index contributed by atoms with van der Waals surface area (Å²) in [5.74, 6) is -0.890. The van der Waals surface area contributed by atoms with Crippen LogP contribution in [0, 0.1) is 17.0 Å². The average Bonchev–Trinajstić information content (AvgIpc) is 2.85. The van der Waals surface area contributed by atoms with Gasteiger partial charge in [-0.1, -0.05) is 24.3 Å². The maximum atomic E-state index is 13.2. The molecule has 0 unspecified atom stereocenters. The predicted octanol–water partition coefficient (Wildman–Crippen LogP) is 4.16. The number of barbiturate groups is 1. The molecular formula is C26H21N3O7. The minimum atomic E-state index is -0.843. The number of urea groups is 1. The van der Waals surface area contributed by atoms with Crippen LogP contribution in [0.3, 0.4) is 0 Å². The van der Waals surface area contributed by atoms with E-state index >= 15 is 0 Å². The number of amides is 4. The van der Waals surface area contributed by atoms with Gasteiger partial charge in [0.05, 0.1) is 17.7 Å². The summed E-state index contributed by atoms with van der Waals surface area (Å²) >= 11 is 0. The predicted molar refractivity (Wildman–Crippen MR) is 131 cm³/mol. The monoisotopic (exact) mass is 487 g/mol. The van der Waals surface area contributed by atoms with Crippen LogP contribution < -0.4 is 19.7 Å². The van der Waals surface area contributed by atoms with Gasteiger partial charge in [-0.3, -0.25) is 25.0 Å². The van der Waals surface area contributed by atoms with E-state index in [0.29, 0.717) is 22.6 Å². The molecule has 10 heteroatoms. The molecule has 3 aromatic rings. The highest BCUT2D eigenvalue weighted by Crippen LogP contribution is 2.30. The standard InChI is InChI=1S/C26H21N3O7/c1-16-5-3-7-19(11-16)28-25(31)22(24(30)27-26(28)32)13-18-9-10-21(35-2)14-23(18)36-15-17-6-4-8-20(12-17)29(33)34/h3-14H,15H2,1-2H3,(H,27,30,32)/b22-13+. The highest BCUT2D eigenvalue weighted by atomic mass is 16.6. The first-order valence-electron chi connectivity index (χ1n) is 10.8. The SMILES string of the molecule is COc1ccc(/C=C2\C(=O)NC(=O)N(c3cccc(C)c3)C2=O)c(OCc2cccc([N+](=O)[O-])c2)c1. The lowest BCUT2D eigenvalue weighted by molar-refractivity contribution is -0.384. The number of methoxy groups -OCH3 is 1. The van der Waals surface area contributed by atoms with E-state index in [9.17, 15) is 24.5 Å². The molecule has 1 aliphatic rings. The van der Waals surface area contributed by atoms with Crippen LogP contribution in [0.25, 0.3) is 6.08 Å². The van der Waals surface area contributed by atoms with Gasteiger partial charge in [-0.15, -0.1) is 0 Å². The summed E-state index contributed by atoms with van der Waals surface area (Å²) in [6.45, 7) is 1.80. The minimum absolute atomic E-state index is 0.0148. The van der Waals surface area contributed by atoms with E-state index in [1.165, 1.54) is 25.3 Å². The van der Waals surface area contributed by atoms with E-state index in [0.717, 1.165) is 10.5 Å². The Hall–Kier alpha value is -4.99. The lowest BCUT2D eigenvalue weighted by Gasteiger charge is -2.26. The molecule has 1 N–H and O–H groups in total. The molecule has 0 atom stereocenters. The molecular weight excluding hydrogens is 466 g/mol. The molecule has 4 rings (SSSR count). The Morgan fingerprint density at radius 3 is 2.53 bits per heavy atom. The van der Waals surface area contributed by atoms with Gasteiger partial charge >= 0.3 is 6.03 Å². The average molecular weight is 487 g/mol. The summed E-state index contributed by atoms with van der Waals surface area (Å²) in [6.07, 6.45) is 1.33. The number of hydrogen-bond donors (Lipinski definition) is 1. The van der Waals surface area contributed by atoms with Crippen molar-refractivity contribution in [2.24, 2.45) is 0 Å². The molecule has 3 aromatic carbocycles. The van der Waals surface area contributed by atoms with Crippen LogP contribution >= 0.6 is 0 Å². The van der Waals surface area contributed by atoms with Crippen LogP contribution in [-0.2, 0) is 16.2 Å². The summed E-state index contributed by atoms with van der Waals surface area (Å²) < 4.78 is 11.1. The molecule has 4 amide bonds. The molecule has 10 nitrogen and oxygen atoms in total. The van der Waals surface area contributed by atoms with E-state index in [4.69, 9.17) is 9.47 Å². The summed E-state index contributed by atoms with van der Waals surface area (Å²) in [5, 5.41) is 13.3. The van der Waals surface area contributed by atoms with Crippen LogP contribution in [-0.4, -0.2) is 29.9 Å². The number of imide groups is 2. The topological polar surface area (TPSA) is 128 Å². The van der Waals surface area contributed by atoms with E-state index < -0.39 is 22.8 Å². The number of rotatable bonds is 7. The summed E-state index contributed by atoms with van der Waals surface area (Å²) in [6, 6.07) is 16.7. The molecule has 1 aliphatic heterocycles. The van der Waals surface area contributed by atoms with Crippen molar-refractivity contribution in [3.8, 4) is 11.5 Å². The van der Waals surface area contributed by atoms with Crippen LogP contribution in [0.1, 0.15) is 16.7 Å². The number of anilines is 1. The Morgan fingerprint density at radius 2 is 1.81 bits per heavy atom. The van der Waals surface area contributed by atoms with Crippen molar-refractivity contribution in [1.29, 1.82) is 0 Å². The first kappa shape index (κ1) is 24.1. The Balaban J connectivity index is 1.68. The first-order chi connectivity index (χ1) is 17.3. The number of nitro groups is 1. The number of nitrogens with zero attached hydrogens (tertiary/aromatic N) is 2. The number of non-ortho nitro benzene ring substituents is 1. The molecule has 0 saturated carbocycles. The van der Waals surface area contributed by atoms with E-state index in [-0.39, 0.29) is 23.6 Å². The normalized spacial score (nSPS) is 14.6. The second-order valence-electron chi connectivity index (χ2n) is 7.92. The first-order valence-corrected chi connectivity index (χ1v) is 10.8. The van der Waals surface area contributed by atoms with Crippen molar-refractivity contribution in [1.82, 2.24) is 5.32 Å². The van der Waals surface area contributed by atoms with E-state index in [1.54, 1.807) is 48.5 Å². The zero-order valence-corrected chi connectivity index (χ0v) is 19.4. The lowest BCUT2D eigenvalue weighted by atomic mass is 10.1. The number of carbonyl (C=O) groups excluding carboxylic acids is 3. The van der Waals surface area contributed by atoms with E-state index in [2.05, 4.69) is 5.32 Å². The number of benzene rings is 3. The third kappa shape index (κ3) is 5.07. The molecule has 1 heterocycles. The zero-order valence-electron chi connectivity index (χ0n) is 19.4. The smallest absolute Gasteiger partial charge is 0.335 e. The quantitative estimate of drug-likeness (QED) is 0.229. The number of aryl methyl sites for hydroxylation is 1. The van der Waals surface area contributed by atoms with Gasteiger partial charge in [-0.2, -0.15) is 0 Å². The van der Waals surface area contributed by atoms with Crippen LogP contribution in [0.15, 0.2) is 72.3 Å². The third-order valence-corrected chi connectivity index (χ3v) is 5.40. The second-order valence-corrected chi connectivity index (χ2v) is 7.92. The Kier molecular flexibility index (Phi) is 6.77. The number of ether oxygens (including phenoxy) is 2. The molecule has 0 aliphatic carbocycles. The zero-order chi connectivity index (χ0) is 25.8. The Labute approximate surface area is 205 Å². The number of nitrogens with one attached hydrogen (secondary N) is 1. The van der Waals surface area contributed by atoms with Gasteiger partial charge in [-0.05, 0) is 48.4 Å². The second kappa shape index (κ2) is 10.1. The lowest BCUT2D eigenvalue weighted by Crippen LogP contribution is -2.54. The van der Waals surface area contributed by atoms with Crippen LogP contribution in [0.2, 0.25) is 0 Å². The fourth-order valence-corrected chi connectivity index (χ4v) is 3.62. The van der Waals surface area contributed by atoms with Gasteiger partial charge in [0, 0.05) is 23.8 Å². The van der Waals surface area contributed by atoms with Crippen molar-refractivity contribution < 1.29 is 28.8 Å². The molecule has 1 saturated heterocycles. The summed E-state index contributed by atoms with van der Waals surface area (Å²) in [7, 11) is 1.47. The molecule has 36 heavy (non-hydrogen) atoms. The van der Waals surface area contributed by atoms with Crippen molar-refractivity contribution in [2.45, 2.75) is 13.5 Å². The number of nitro benzene ring substituents is 1. The summed E-state index contributed by atoms with van der Waals surface area (Å²) in [4.78, 5) is 49.7. The van der Waals surface area contributed by atoms with Gasteiger partial charge in [-0.25, -0.2) is 9.69 Å². The largest absolute Gasteiger partial charge is 0.497 e.